The highest BCUT2D eigenvalue weighted by Crippen LogP contribution is 2.43. The molecule has 14 heavy (non-hydrogen) atoms. The van der Waals surface area contributed by atoms with E-state index in [0.717, 1.165) is 6.42 Å². The van der Waals surface area contributed by atoms with E-state index in [0.29, 0.717) is 17.8 Å². The topological polar surface area (TPSA) is 55.5 Å². The molecule has 1 fully saturated rings. The molecular weight excluding hydrogens is 178 g/mol. The Bertz CT molecular complexity index is 196. The van der Waals surface area contributed by atoms with E-state index in [-0.39, 0.29) is 12.7 Å². The van der Waals surface area contributed by atoms with Crippen molar-refractivity contribution in [1.82, 2.24) is 0 Å². The summed E-state index contributed by atoms with van der Waals surface area (Å²) in [5, 5.41) is 9.39. The molecule has 0 heterocycles. The summed E-state index contributed by atoms with van der Waals surface area (Å²) in [6.07, 6.45) is 0.960. The number of rotatable bonds is 3. The number of hydrogen-bond acceptors (Lipinski definition) is 3. The molecule has 0 saturated heterocycles. The van der Waals surface area contributed by atoms with Crippen LogP contribution in [0, 0.1) is 17.8 Å². The molecule has 0 aliphatic heterocycles. The molecule has 0 radical (unpaired) electrons. The highest BCUT2D eigenvalue weighted by atomic mass is 16.5. The second-order valence-corrected chi connectivity index (χ2v) is 4.93. The van der Waals surface area contributed by atoms with Crippen molar-refractivity contribution in [2.24, 2.45) is 23.5 Å². The van der Waals surface area contributed by atoms with Crippen LogP contribution in [0.5, 0.6) is 0 Å². The molecule has 1 aliphatic carbocycles. The van der Waals surface area contributed by atoms with Gasteiger partial charge < -0.3 is 15.6 Å². The van der Waals surface area contributed by atoms with Crippen molar-refractivity contribution in [3.05, 3.63) is 0 Å². The minimum atomic E-state index is -0.552. The normalized spacial score (nSPS) is 43.5. The van der Waals surface area contributed by atoms with Crippen LogP contribution in [0.25, 0.3) is 0 Å². The number of hydrogen-bond donors (Lipinski definition) is 2. The van der Waals surface area contributed by atoms with E-state index in [1.54, 1.807) is 7.11 Å². The van der Waals surface area contributed by atoms with Gasteiger partial charge in [0.15, 0.2) is 0 Å². The van der Waals surface area contributed by atoms with E-state index in [2.05, 4.69) is 20.8 Å². The van der Waals surface area contributed by atoms with Crippen LogP contribution in [0.2, 0.25) is 0 Å². The van der Waals surface area contributed by atoms with Crippen molar-refractivity contribution in [3.8, 4) is 0 Å². The molecule has 1 rings (SSSR count). The van der Waals surface area contributed by atoms with Crippen molar-refractivity contribution in [2.75, 3.05) is 13.7 Å². The number of methoxy groups -OCH3 is 1. The molecule has 0 spiro atoms. The Hall–Kier alpha value is -0.120. The standard InChI is InChI=1S/C11H23NO2/c1-7(2)9-5-10(14-4)11(12,6-13)8(9)3/h7-10,13H,5-6,12H2,1-4H3. The maximum Gasteiger partial charge on any atom is 0.0778 e. The Morgan fingerprint density at radius 3 is 2.43 bits per heavy atom. The fourth-order valence-corrected chi connectivity index (χ4v) is 2.77. The lowest BCUT2D eigenvalue weighted by molar-refractivity contribution is 0.0143. The SMILES string of the molecule is COC1CC(C(C)C)C(C)C1(N)CO. The summed E-state index contributed by atoms with van der Waals surface area (Å²) >= 11 is 0. The van der Waals surface area contributed by atoms with Gasteiger partial charge in [-0.3, -0.25) is 0 Å². The Morgan fingerprint density at radius 1 is 1.57 bits per heavy atom. The van der Waals surface area contributed by atoms with Gasteiger partial charge in [-0.1, -0.05) is 20.8 Å². The second-order valence-electron chi connectivity index (χ2n) is 4.93. The molecule has 4 unspecified atom stereocenters. The van der Waals surface area contributed by atoms with Crippen LogP contribution in [0.3, 0.4) is 0 Å². The van der Waals surface area contributed by atoms with Crippen LogP contribution in [0.1, 0.15) is 27.2 Å². The van der Waals surface area contributed by atoms with E-state index < -0.39 is 5.54 Å². The Kier molecular flexibility index (Phi) is 3.56. The number of aliphatic hydroxyl groups excluding tert-OH is 1. The third kappa shape index (κ3) is 1.69. The summed E-state index contributed by atoms with van der Waals surface area (Å²) in [6.45, 7) is 6.55. The highest BCUT2D eigenvalue weighted by Gasteiger charge is 2.51. The summed E-state index contributed by atoms with van der Waals surface area (Å²) in [5.41, 5.74) is 5.66. The van der Waals surface area contributed by atoms with Gasteiger partial charge >= 0.3 is 0 Å². The molecule has 0 amide bonds. The van der Waals surface area contributed by atoms with Crippen LogP contribution in [-0.2, 0) is 4.74 Å². The Balaban J connectivity index is 2.85. The second kappa shape index (κ2) is 4.17. The first-order valence-corrected chi connectivity index (χ1v) is 5.39. The first-order chi connectivity index (χ1) is 6.47. The Labute approximate surface area is 86.6 Å². The van der Waals surface area contributed by atoms with E-state index in [1.165, 1.54) is 0 Å². The minimum absolute atomic E-state index is 0.00472. The Morgan fingerprint density at radius 2 is 2.14 bits per heavy atom. The molecule has 3 nitrogen and oxygen atoms in total. The van der Waals surface area contributed by atoms with E-state index in [1.807, 2.05) is 0 Å². The highest BCUT2D eigenvalue weighted by molar-refractivity contribution is 5.06. The lowest BCUT2D eigenvalue weighted by atomic mass is 9.80. The lowest BCUT2D eigenvalue weighted by Crippen LogP contribution is -2.55. The van der Waals surface area contributed by atoms with Crippen molar-refractivity contribution in [3.63, 3.8) is 0 Å². The fraction of sp³-hybridized carbons (Fsp3) is 1.00. The predicted octanol–water partition coefficient (Wildman–Crippen LogP) is 1.00. The number of nitrogens with two attached hydrogens (primary N) is 1. The molecule has 3 N–H and O–H groups in total. The minimum Gasteiger partial charge on any atom is -0.394 e. The van der Waals surface area contributed by atoms with Crippen molar-refractivity contribution < 1.29 is 9.84 Å². The molecule has 0 aromatic carbocycles. The third-order valence-electron chi connectivity index (χ3n) is 3.99. The quantitative estimate of drug-likeness (QED) is 0.716. The summed E-state index contributed by atoms with van der Waals surface area (Å²) in [4.78, 5) is 0. The van der Waals surface area contributed by atoms with E-state index in [9.17, 15) is 5.11 Å². The molecule has 0 aromatic rings. The van der Waals surface area contributed by atoms with Gasteiger partial charge in [-0.05, 0) is 24.2 Å². The molecule has 0 aromatic heterocycles. The summed E-state index contributed by atoms with van der Waals surface area (Å²) < 4.78 is 5.38. The zero-order chi connectivity index (χ0) is 10.9. The third-order valence-corrected chi connectivity index (χ3v) is 3.99. The van der Waals surface area contributed by atoms with Gasteiger partial charge in [0, 0.05) is 7.11 Å². The molecule has 3 heteroatoms. The molecule has 0 bridgehead atoms. The molecule has 84 valence electrons. The number of aliphatic hydroxyl groups is 1. The van der Waals surface area contributed by atoms with Gasteiger partial charge in [-0.15, -0.1) is 0 Å². The van der Waals surface area contributed by atoms with Crippen LogP contribution in [0.4, 0.5) is 0 Å². The first kappa shape index (κ1) is 12.0. The predicted molar refractivity (Wildman–Crippen MR) is 56.9 cm³/mol. The summed E-state index contributed by atoms with van der Waals surface area (Å²) in [5.74, 6) is 1.47. The van der Waals surface area contributed by atoms with Crippen LogP contribution >= 0.6 is 0 Å². The zero-order valence-electron chi connectivity index (χ0n) is 9.66. The molecular formula is C11H23NO2. The lowest BCUT2D eigenvalue weighted by Gasteiger charge is -2.33. The van der Waals surface area contributed by atoms with Crippen LogP contribution < -0.4 is 5.73 Å². The smallest absolute Gasteiger partial charge is 0.0778 e. The fourth-order valence-electron chi connectivity index (χ4n) is 2.77. The molecule has 1 aliphatic rings. The van der Waals surface area contributed by atoms with Gasteiger partial charge in [0.1, 0.15) is 0 Å². The van der Waals surface area contributed by atoms with Crippen LogP contribution in [0.15, 0.2) is 0 Å². The maximum absolute atomic E-state index is 9.39. The first-order valence-electron chi connectivity index (χ1n) is 5.39. The van der Waals surface area contributed by atoms with Crippen molar-refractivity contribution in [1.29, 1.82) is 0 Å². The summed E-state index contributed by atoms with van der Waals surface area (Å²) in [6, 6.07) is 0. The van der Waals surface area contributed by atoms with Gasteiger partial charge in [-0.25, -0.2) is 0 Å². The monoisotopic (exact) mass is 201 g/mol. The van der Waals surface area contributed by atoms with E-state index in [4.69, 9.17) is 10.5 Å². The van der Waals surface area contributed by atoms with E-state index >= 15 is 0 Å². The van der Waals surface area contributed by atoms with Gasteiger partial charge in [-0.2, -0.15) is 0 Å². The van der Waals surface area contributed by atoms with Gasteiger partial charge in [0.05, 0.1) is 18.2 Å². The molecule has 4 atom stereocenters. The zero-order valence-corrected chi connectivity index (χ0v) is 9.66. The van der Waals surface area contributed by atoms with Crippen molar-refractivity contribution in [2.45, 2.75) is 38.8 Å². The average molecular weight is 201 g/mol. The van der Waals surface area contributed by atoms with Crippen LogP contribution in [-0.4, -0.2) is 30.5 Å². The van der Waals surface area contributed by atoms with Gasteiger partial charge in [0.2, 0.25) is 0 Å². The molecule has 1 saturated carbocycles. The van der Waals surface area contributed by atoms with Crippen molar-refractivity contribution >= 4 is 0 Å². The number of ether oxygens (including phenoxy) is 1. The average Bonchev–Trinajstić information content (AvgIpc) is 2.41. The maximum atomic E-state index is 9.39. The van der Waals surface area contributed by atoms with Gasteiger partial charge in [0.25, 0.3) is 0 Å². The summed E-state index contributed by atoms with van der Waals surface area (Å²) in [7, 11) is 1.68. The largest absolute Gasteiger partial charge is 0.394 e.